The summed E-state index contributed by atoms with van der Waals surface area (Å²) in [6.07, 6.45) is -0.358. The summed E-state index contributed by atoms with van der Waals surface area (Å²) in [5.41, 5.74) is 1.29. The van der Waals surface area contributed by atoms with Crippen molar-refractivity contribution in [1.82, 2.24) is 15.5 Å². The molecule has 1 aromatic rings. The maximum absolute atomic E-state index is 13.9. The van der Waals surface area contributed by atoms with Gasteiger partial charge in [0, 0.05) is 12.1 Å². The number of aliphatic hydroxyl groups excluding tert-OH is 1. The largest absolute Gasteiger partial charge is 0.444 e. The highest BCUT2D eigenvalue weighted by Gasteiger charge is 2.37. The monoisotopic (exact) mass is 491 g/mol. The van der Waals surface area contributed by atoms with Crippen LogP contribution in [0.1, 0.15) is 84.5 Å². The van der Waals surface area contributed by atoms with Gasteiger partial charge in [-0.25, -0.2) is 4.79 Å². The lowest BCUT2D eigenvalue weighted by atomic mass is 9.94. The number of aryl methyl sites for hydroxylation is 2. The van der Waals surface area contributed by atoms with E-state index in [0.29, 0.717) is 12.0 Å². The SMILES string of the molecule is Cc1ccc(C(C(=O)NC(C)(C)C)N(CCO)C(=O)C(CC(C)C)NC(=O)OC(C)(C)C)c(C)c1. The van der Waals surface area contributed by atoms with E-state index in [1.54, 1.807) is 20.8 Å². The van der Waals surface area contributed by atoms with Crippen LogP contribution in [0.2, 0.25) is 0 Å². The molecule has 0 heterocycles. The number of benzene rings is 1. The van der Waals surface area contributed by atoms with Crippen molar-refractivity contribution in [2.45, 2.75) is 98.9 Å². The maximum Gasteiger partial charge on any atom is 0.408 e. The first-order valence-electron chi connectivity index (χ1n) is 12.2. The van der Waals surface area contributed by atoms with Crippen molar-refractivity contribution in [2.75, 3.05) is 13.2 Å². The topological polar surface area (TPSA) is 108 Å². The number of carbonyl (C=O) groups is 3. The number of nitrogens with one attached hydrogen (secondary N) is 2. The minimum Gasteiger partial charge on any atom is -0.444 e. The summed E-state index contributed by atoms with van der Waals surface area (Å²) in [6, 6.07) is 3.79. The quantitative estimate of drug-likeness (QED) is 0.484. The molecule has 3 N–H and O–H groups in total. The highest BCUT2D eigenvalue weighted by Crippen LogP contribution is 2.27. The molecule has 0 fully saturated rings. The van der Waals surface area contributed by atoms with Gasteiger partial charge in [0.2, 0.25) is 11.8 Å². The van der Waals surface area contributed by atoms with Crippen LogP contribution in [0.4, 0.5) is 4.79 Å². The average Bonchev–Trinajstić information content (AvgIpc) is 2.64. The Morgan fingerprint density at radius 2 is 1.66 bits per heavy atom. The van der Waals surface area contributed by atoms with E-state index < -0.39 is 35.2 Å². The molecule has 35 heavy (non-hydrogen) atoms. The van der Waals surface area contributed by atoms with E-state index >= 15 is 0 Å². The predicted octanol–water partition coefficient (Wildman–Crippen LogP) is 4.02. The number of aliphatic hydroxyl groups is 1. The molecule has 0 bridgehead atoms. The number of ether oxygens (including phenoxy) is 1. The normalized spacial score (nSPS) is 13.7. The summed E-state index contributed by atoms with van der Waals surface area (Å²) in [5, 5.41) is 15.5. The molecule has 2 atom stereocenters. The Labute approximate surface area is 210 Å². The van der Waals surface area contributed by atoms with Crippen LogP contribution in [-0.4, -0.2) is 58.2 Å². The summed E-state index contributed by atoms with van der Waals surface area (Å²) in [7, 11) is 0. The van der Waals surface area contributed by atoms with Gasteiger partial charge in [-0.15, -0.1) is 0 Å². The summed E-state index contributed by atoms with van der Waals surface area (Å²) < 4.78 is 5.38. The lowest BCUT2D eigenvalue weighted by Crippen LogP contribution is -2.55. The Bertz CT molecular complexity index is 884. The molecule has 0 radical (unpaired) electrons. The second kappa shape index (κ2) is 12.4. The Balaban J connectivity index is 3.52. The molecule has 0 aliphatic carbocycles. The maximum atomic E-state index is 13.9. The minimum absolute atomic E-state index is 0.0705. The van der Waals surface area contributed by atoms with Crippen LogP contribution in [0.3, 0.4) is 0 Å². The average molecular weight is 492 g/mol. The Kier molecular flexibility index (Phi) is 10.8. The highest BCUT2D eigenvalue weighted by molar-refractivity contribution is 5.92. The third-order valence-electron chi connectivity index (χ3n) is 5.10. The molecule has 0 saturated heterocycles. The number of carbonyl (C=O) groups excluding carboxylic acids is 3. The number of nitrogens with zero attached hydrogens (tertiary/aromatic N) is 1. The van der Waals surface area contributed by atoms with E-state index in [1.165, 1.54) is 4.90 Å². The van der Waals surface area contributed by atoms with E-state index in [0.717, 1.165) is 11.1 Å². The molecule has 1 aromatic carbocycles. The Morgan fingerprint density at radius 3 is 2.11 bits per heavy atom. The van der Waals surface area contributed by atoms with Crippen molar-refractivity contribution in [3.05, 3.63) is 34.9 Å². The van der Waals surface area contributed by atoms with Gasteiger partial charge in [-0.1, -0.05) is 37.6 Å². The fourth-order valence-electron chi connectivity index (χ4n) is 3.84. The third-order valence-corrected chi connectivity index (χ3v) is 5.10. The van der Waals surface area contributed by atoms with E-state index in [9.17, 15) is 19.5 Å². The van der Waals surface area contributed by atoms with E-state index in [-0.39, 0.29) is 25.0 Å². The fraction of sp³-hybridized carbons (Fsp3) is 0.667. The first-order valence-corrected chi connectivity index (χ1v) is 12.2. The molecule has 1 rings (SSSR count). The molecular formula is C27H45N3O5. The van der Waals surface area contributed by atoms with Crippen LogP contribution < -0.4 is 10.6 Å². The third kappa shape index (κ3) is 10.3. The number of alkyl carbamates (subject to hydrolysis) is 1. The number of rotatable bonds is 9. The molecule has 8 nitrogen and oxygen atoms in total. The Morgan fingerprint density at radius 1 is 1.06 bits per heavy atom. The number of hydrogen-bond acceptors (Lipinski definition) is 5. The molecule has 198 valence electrons. The van der Waals surface area contributed by atoms with Crippen molar-refractivity contribution in [2.24, 2.45) is 5.92 Å². The fourth-order valence-corrected chi connectivity index (χ4v) is 3.84. The number of amides is 3. The lowest BCUT2D eigenvalue weighted by molar-refractivity contribution is -0.144. The smallest absolute Gasteiger partial charge is 0.408 e. The van der Waals surface area contributed by atoms with E-state index in [2.05, 4.69) is 10.6 Å². The van der Waals surface area contributed by atoms with Crippen molar-refractivity contribution < 1.29 is 24.2 Å². The highest BCUT2D eigenvalue weighted by atomic mass is 16.6. The van der Waals surface area contributed by atoms with E-state index in [4.69, 9.17) is 4.74 Å². The zero-order valence-corrected chi connectivity index (χ0v) is 23.1. The molecule has 0 aromatic heterocycles. The van der Waals surface area contributed by atoms with Gasteiger partial charge in [-0.3, -0.25) is 9.59 Å². The van der Waals surface area contributed by atoms with Gasteiger partial charge >= 0.3 is 6.09 Å². The van der Waals surface area contributed by atoms with Gasteiger partial charge in [0.05, 0.1) is 6.61 Å². The molecule has 0 saturated carbocycles. The standard InChI is InChI=1S/C27H45N3O5/c1-17(2)15-21(28-25(34)35-27(8,9)10)24(33)30(13-14-31)22(23(32)29-26(5,6)7)20-12-11-18(3)16-19(20)4/h11-12,16-17,21-22,31H,13-15H2,1-10H3,(H,28,34)(H,29,32). The summed E-state index contributed by atoms with van der Waals surface area (Å²) in [5.74, 6) is -0.725. The molecule has 0 spiro atoms. The van der Waals surface area contributed by atoms with Crippen molar-refractivity contribution in [1.29, 1.82) is 0 Å². The van der Waals surface area contributed by atoms with Gasteiger partial charge in [0.15, 0.2) is 0 Å². The van der Waals surface area contributed by atoms with Gasteiger partial charge in [0.25, 0.3) is 0 Å². The van der Waals surface area contributed by atoms with Crippen LogP contribution in [0.5, 0.6) is 0 Å². The second-order valence-electron chi connectivity index (χ2n) is 11.6. The molecule has 3 amide bonds. The lowest BCUT2D eigenvalue weighted by Gasteiger charge is -2.36. The van der Waals surface area contributed by atoms with Gasteiger partial charge in [0.1, 0.15) is 17.7 Å². The van der Waals surface area contributed by atoms with Crippen molar-refractivity contribution in [3.63, 3.8) is 0 Å². The molecular weight excluding hydrogens is 446 g/mol. The van der Waals surface area contributed by atoms with Crippen LogP contribution in [-0.2, 0) is 14.3 Å². The van der Waals surface area contributed by atoms with Crippen LogP contribution in [0.15, 0.2) is 18.2 Å². The molecule has 0 aliphatic rings. The van der Waals surface area contributed by atoms with Crippen LogP contribution >= 0.6 is 0 Å². The molecule has 2 unspecified atom stereocenters. The van der Waals surface area contributed by atoms with Crippen molar-refractivity contribution in [3.8, 4) is 0 Å². The summed E-state index contributed by atoms with van der Waals surface area (Å²) >= 11 is 0. The molecule has 8 heteroatoms. The summed E-state index contributed by atoms with van der Waals surface area (Å²) in [4.78, 5) is 41.4. The van der Waals surface area contributed by atoms with Gasteiger partial charge in [-0.05, 0) is 78.9 Å². The van der Waals surface area contributed by atoms with Crippen LogP contribution in [0.25, 0.3) is 0 Å². The first-order chi connectivity index (χ1) is 15.9. The predicted molar refractivity (Wildman–Crippen MR) is 138 cm³/mol. The van der Waals surface area contributed by atoms with Crippen molar-refractivity contribution >= 4 is 17.9 Å². The van der Waals surface area contributed by atoms with Gasteiger partial charge in [-0.2, -0.15) is 0 Å². The summed E-state index contributed by atoms with van der Waals surface area (Å²) in [6.45, 7) is 18.2. The number of hydrogen-bond donors (Lipinski definition) is 3. The minimum atomic E-state index is -0.982. The molecule has 0 aliphatic heterocycles. The second-order valence-corrected chi connectivity index (χ2v) is 11.6. The first kappa shape index (κ1) is 30.4. The Hall–Kier alpha value is -2.61. The van der Waals surface area contributed by atoms with Gasteiger partial charge < -0.3 is 25.4 Å². The van der Waals surface area contributed by atoms with E-state index in [1.807, 2.05) is 66.7 Å². The van der Waals surface area contributed by atoms with Crippen LogP contribution in [0, 0.1) is 19.8 Å². The zero-order valence-electron chi connectivity index (χ0n) is 23.1. The zero-order chi connectivity index (χ0) is 27.1.